The number of fused-ring (bicyclic) bond motifs is 2. The van der Waals surface area contributed by atoms with Gasteiger partial charge in [0.1, 0.15) is 12.1 Å². The van der Waals surface area contributed by atoms with Crippen LogP contribution in [0.3, 0.4) is 0 Å². The Kier molecular flexibility index (Phi) is 4.47. The normalized spacial score (nSPS) is 11.3. The van der Waals surface area contributed by atoms with Crippen molar-refractivity contribution in [3.05, 3.63) is 75.7 Å². The molecule has 0 atom stereocenters. The number of amides is 1. The highest BCUT2D eigenvalue weighted by Crippen LogP contribution is 2.25. The Labute approximate surface area is 180 Å². The first-order valence-corrected chi connectivity index (χ1v) is 9.79. The van der Waals surface area contributed by atoms with Gasteiger partial charge in [0.05, 0.1) is 6.33 Å². The van der Waals surface area contributed by atoms with Gasteiger partial charge in [-0.05, 0) is 36.4 Å². The van der Waals surface area contributed by atoms with Crippen LogP contribution in [-0.2, 0) is 25.4 Å². The first-order chi connectivity index (χ1) is 15.4. The summed E-state index contributed by atoms with van der Waals surface area (Å²) in [4.78, 5) is 46.4. The quantitative estimate of drug-likeness (QED) is 0.465. The second kappa shape index (κ2) is 7.34. The second-order valence-corrected chi connectivity index (χ2v) is 7.37. The van der Waals surface area contributed by atoms with Crippen LogP contribution in [0.2, 0.25) is 0 Å². The van der Waals surface area contributed by atoms with Gasteiger partial charge < -0.3 is 14.3 Å². The average Bonchev–Trinajstić information content (AvgIpc) is 3.39. The van der Waals surface area contributed by atoms with E-state index in [1.807, 2.05) is 24.3 Å². The van der Waals surface area contributed by atoms with Gasteiger partial charge in [0.2, 0.25) is 11.8 Å². The van der Waals surface area contributed by atoms with Crippen molar-refractivity contribution in [1.82, 2.24) is 23.7 Å². The molecule has 3 heterocycles. The SMILES string of the molecule is Cn1cnc2c1c(=O)n(CC(=O)Nc1ccc(-c3nc4ccccc4o3)cc1)c(=O)n2C. The maximum Gasteiger partial charge on any atom is 0.332 e. The van der Waals surface area contributed by atoms with Crippen LogP contribution in [0.1, 0.15) is 0 Å². The smallest absolute Gasteiger partial charge is 0.332 e. The first kappa shape index (κ1) is 19.5. The molecule has 0 aliphatic rings. The van der Waals surface area contributed by atoms with Gasteiger partial charge in [-0.2, -0.15) is 0 Å². The Morgan fingerprint density at radius 2 is 1.81 bits per heavy atom. The minimum Gasteiger partial charge on any atom is -0.436 e. The first-order valence-electron chi connectivity index (χ1n) is 9.79. The van der Waals surface area contributed by atoms with Crippen molar-refractivity contribution < 1.29 is 9.21 Å². The van der Waals surface area contributed by atoms with E-state index < -0.39 is 23.7 Å². The number of benzene rings is 2. The highest BCUT2D eigenvalue weighted by atomic mass is 16.3. The number of carbonyl (C=O) groups is 1. The number of carbonyl (C=O) groups excluding carboxylic acids is 1. The third-order valence-electron chi connectivity index (χ3n) is 5.21. The summed E-state index contributed by atoms with van der Waals surface area (Å²) in [5, 5.41) is 2.71. The number of anilines is 1. The lowest BCUT2D eigenvalue weighted by molar-refractivity contribution is -0.116. The number of aryl methyl sites for hydroxylation is 2. The molecule has 5 rings (SSSR count). The zero-order valence-electron chi connectivity index (χ0n) is 17.3. The predicted octanol–water partition coefficient (Wildman–Crippen LogP) is 1.88. The van der Waals surface area contributed by atoms with Gasteiger partial charge in [0, 0.05) is 25.3 Å². The molecule has 1 amide bonds. The standard InChI is InChI=1S/C22H18N6O4/c1-26-12-23-19-18(26)21(30)28(22(31)27(19)2)11-17(29)24-14-9-7-13(8-10-14)20-25-15-5-3-4-6-16(15)32-20/h3-10,12H,11H2,1-2H3,(H,24,29). The molecular formula is C22H18N6O4. The Morgan fingerprint density at radius 1 is 1.06 bits per heavy atom. The molecule has 0 aliphatic carbocycles. The predicted molar refractivity (Wildman–Crippen MR) is 118 cm³/mol. The fourth-order valence-electron chi connectivity index (χ4n) is 3.57. The number of para-hydroxylation sites is 2. The number of aromatic nitrogens is 5. The van der Waals surface area contributed by atoms with Gasteiger partial charge in [-0.15, -0.1) is 0 Å². The van der Waals surface area contributed by atoms with Gasteiger partial charge in [0.15, 0.2) is 16.7 Å². The number of hydrogen-bond acceptors (Lipinski definition) is 6. The summed E-state index contributed by atoms with van der Waals surface area (Å²) in [7, 11) is 3.17. The van der Waals surface area contributed by atoms with Crippen LogP contribution in [0.15, 0.2) is 68.9 Å². The van der Waals surface area contributed by atoms with Crippen molar-refractivity contribution in [2.45, 2.75) is 6.54 Å². The van der Waals surface area contributed by atoms with Gasteiger partial charge in [-0.3, -0.25) is 14.2 Å². The minimum atomic E-state index is -0.609. The van der Waals surface area contributed by atoms with Crippen LogP contribution in [0.4, 0.5) is 5.69 Å². The van der Waals surface area contributed by atoms with E-state index in [0.29, 0.717) is 17.2 Å². The summed E-state index contributed by atoms with van der Waals surface area (Å²) < 4.78 is 9.42. The summed E-state index contributed by atoms with van der Waals surface area (Å²) >= 11 is 0. The summed E-state index contributed by atoms with van der Waals surface area (Å²) in [5.41, 5.74) is 2.07. The molecule has 0 fully saturated rings. The zero-order chi connectivity index (χ0) is 22.4. The summed E-state index contributed by atoms with van der Waals surface area (Å²) in [6, 6.07) is 14.4. The molecule has 10 nitrogen and oxygen atoms in total. The Hall–Kier alpha value is -4.47. The minimum absolute atomic E-state index is 0.252. The van der Waals surface area contributed by atoms with Crippen molar-refractivity contribution in [2.24, 2.45) is 14.1 Å². The van der Waals surface area contributed by atoms with E-state index in [9.17, 15) is 14.4 Å². The van der Waals surface area contributed by atoms with E-state index in [1.165, 1.54) is 22.5 Å². The highest BCUT2D eigenvalue weighted by Gasteiger charge is 2.17. The average molecular weight is 430 g/mol. The monoisotopic (exact) mass is 430 g/mol. The fourth-order valence-corrected chi connectivity index (χ4v) is 3.57. The number of oxazole rings is 1. The summed E-state index contributed by atoms with van der Waals surface area (Å²) in [5.74, 6) is -0.0241. The van der Waals surface area contributed by atoms with E-state index in [4.69, 9.17) is 4.42 Å². The molecule has 0 bridgehead atoms. The van der Waals surface area contributed by atoms with Crippen molar-refractivity contribution in [1.29, 1.82) is 0 Å². The van der Waals surface area contributed by atoms with Gasteiger partial charge >= 0.3 is 5.69 Å². The molecule has 0 unspecified atom stereocenters. The number of rotatable bonds is 4. The van der Waals surface area contributed by atoms with Gasteiger partial charge in [-0.1, -0.05) is 12.1 Å². The molecule has 1 N–H and O–H groups in total. The van der Waals surface area contributed by atoms with Gasteiger partial charge in [0.25, 0.3) is 5.56 Å². The maximum absolute atomic E-state index is 12.7. The van der Waals surface area contributed by atoms with Crippen LogP contribution in [0, 0.1) is 0 Å². The third kappa shape index (κ3) is 3.18. The number of imidazole rings is 1. The Bertz CT molecular complexity index is 1570. The number of nitrogens with zero attached hydrogens (tertiary/aromatic N) is 5. The topological polar surface area (TPSA) is 117 Å². The van der Waals surface area contributed by atoms with Crippen LogP contribution >= 0.6 is 0 Å². The second-order valence-electron chi connectivity index (χ2n) is 7.37. The lowest BCUT2D eigenvalue weighted by atomic mass is 10.2. The number of nitrogens with one attached hydrogen (secondary N) is 1. The molecule has 0 aliphatic heterocycles. The molecule has 0 radical (unpaired) electrons. The maximum atomic E-state index is 12.7. The van der Waals surface area contributed by atoms with E-state index in [-0.39, 0.29) is 11.2 Å². The van der Waals surface area contributed by atoms with Gasteiger partial charge in [-0.25, -0.2) is 19.3 Å². The summed E-state index contributed by atoms with van der Waals surface area (Å²) in [6.45, 7) is -0.417. The molecule has 2 aromatic carbocycles. The lowest BCUT2D eigenvalue weighted by Gasteiger charge is -2.09. The molecule has 10 heteroatoms. The molecule has 160 valence electrons. The number of hydrogen-bond donors (Lipinski definition) is 1. The molecule has 5 aromatic rings. The molecule has 32 heavy (non-hydrogen) atoms. The van der Waals surface area contributed by atoms with Crippen molar-refractivity contribution >= 4 is 33.9 Å². The van der Waals surface area contributed by atoms with E-state index in [0.717, 1.165) is 15.6 Å². The fraction of sp³-hybridized carbons (Fsp3) is 0.136. The van der Waals surface area contributed by atoms with Crippen LogP contribution in [0.5, 0.6) is 0 Å². The van der Waals surface area contributed by atoms with Crippen molar-refractivity contribution in [3.63, 3.8) is 0 Å². The van der Waals surface area contributed by atoms with E-state index in [1.54, 1.807) is 31.3 Å². The van der Waals surface area contributed by atoms with Crippen molar-refractivity contribution in [2.75, 3.05) is 5.32 Å². The molecule has 0 saturated carbocycles. The molecule has 3 aromatic heterocycles. The molecular weight excluding hydrogens is 412 g/mol. The zero-order valence-corrected chi connectivity index (χ0v) is 17.3. The highest BCUT2D eigenvalue weighted by molar-refractivity contribution is 5.91. The van der Waals surface area contributed by atoms with Crippen LogP contribution in [0.25, 0.3) is 33.7 Å². The molecule has 0 saturated heterocycles. The van der Waals surface area contributed by atoms with Crippen molar-refractivity contribution in [3.8, 4) is 11.5 Å². The molecule has 0 spiro atoms. The third-order valence-corrected chi connectivity index (χ3v) is 5.21. The van der Waals surface area contributed by atoms with Crippen LogP contribution in [-0.4, -0.2) is 29.6 Å². The Morgan fingerprint density at radius 3 is 2.56 bits per heavy atom. The Balaban J connectivity index is 1.37. The van der Waals surface area contributed by atoms with E-state index >= 15 is 0 Å². The summed E-state index contributed by atoms with van der Waals surface area (Å²) in [6.07, 6.45) is 1.45. The van der Waals surface area contributed by atoms with E-state index in [2.05, 4.69) is 15.3 Å². The van der Waals surface area contributed by atoms with Crippen LogP contribution < -0.4 is 16.6 Å². The largest absolute Gasteiger partial charge is 0.436 e. The lowest BCUT2D eigenvalue weighted by Crippen LogP contribution is -2.42.